The summed E-state index contributed by atoms with van der Waals surface area (Å²) in [6, 6.07) is 5.48. The molecule has 0 aliphatic carbocycles. The number of nitrogens with one attached hydrogen (secondary N) is 1. The van der Waals surface area contributed by atoms with Crippen molar-refractivity contribution in [2.24, 2.45) is 0 Å². The summed E-state index contributed by atoms with van der Waals surface area (Å²) in [4.78, 5) is 24.1. The van der Waals surface area contributed by atoms with Gasteiger partial charge in [-0.25, -0.2) is 4.39 Å². The van der Waals surface area contributed by atoms with Crippen LogP contribution in [0, 0.1) is 5.82 Å². The number of hydrogen-bond acceptors (Lipinski definition) is 2. The molecule has 0 unspecified atom stereocenters. The lowest BCUT2D eigenvalue weighted by molar-refractivity contribution is -0.130. The molecule has 2 amide bonds. The Hall–Kier alpha value is -1.33. The minimum atomic E-state index is -1.05. The van der Waals surface area contributed by atoms with Gasteiger partial charge in [-0.15, -0.1) is 0 Å². The average Bonchev–Trinajstić information content (AvgIpc) is 2.47. The number of carbonyl (C=O) groups is 2. The summed E-state index contributed by atoms with van der Waals surface area (Å²) in [7, 11) is 0. The highest BCUT2D eigenvalue weighted by Crippen LogP contribution is 2.15. The van der Waals surface area contributed by atoms with E-state index in [-0.39, 0.29) is 23.4 Å². The van der Waals surface area contributed by atoms with Crippen molar-refractivity contribution in [3.8, 4) is 0 Å². The number of hydrogen-bond donors (Lipinski definition) is 1. The van der Waals surface area contributed by atoms with Crippen molar-refractivity contribution in [3.63, 3.8) is 0 Å². The van der Waals surface area contributed by atoms with Crippen LogP contribution in [0.5, 0.6) is 0 Å². The summed E-state index contributed by atoms with van der Waals surface area (Å²) < 4.78 is 13.1. The quantitative estimate of drug-likeness (QED) is 0.864. The lowest BCUT2D eigenvalue weighted by atomic mass is 10.0. The van der Waals surface area contributed by atoms with E-state index in [4.69, 9.17) is 23.2 Å². The summed E-state index contributed by atoms with van der Waals surface area (Å²) in [6.45, 7) is 0.978. The third-order valence-electron chi connectivity index (χ3n) is 3.42. The normalized spacial score (nSPS) is 16.1. The van der Waals surface area contributed by atoms with Crippen LogP contribution in [0.1, 0.15) is 23.2 Å². The van der Waals surface area contributed by atoms with Crippen LogP contribution in [0.25, 0.3) is 0 Å². The highest BCUT2D eigenvalue weighted by atomic mass is 35.5. The van der Waals surface area contributed by atoms with E-state index in [0.29, 0.717) is 25.9 Å². The van der Waals surface area contributed by atoms with E-state index in [2.05, 4.69) is 5.32 Å². The first-order valence-corrected chi connectivity index (χ1v) is 7.48. The molecule has 0 radical (unpaired) electrons. The number of benzene rings is 1. The molecular formula is C14H15Cl2FN2O2. The molecule has 4 nitrogen and oxygen atoms in total. The second-order valence-electron chi connectivity index (χ2n) is 4.88. The predicted molar refractivity (Wildman–Crippen MR) is 79.0 cm³/mol. The van der Waals surface area contributed by atoms with E-state index < -0.39 is 10.7 Å². The Morgan fingerprint density at radius 2 is 1.95 bits per heavy atom. The van der Waals surface area contributed by atoms with Crippen LogP contribution in [0.3, 0.4) is 0 Å². The second kappa shape index (κ2) is 7.09. The summed E-state index contributed by atoms with van der Waals surface area (Å²) >= 11 is 11.1. The minimum absolute atomic E-state index is 0.0473. The zero-order chi connectivity index (χ0) is 15.4. The number of rotatable bonds is 3. The standard InChI is InChI=1S/C14H15Cl2FN2O2/c15-12(16)14(21)19-6-4-11(5-7-19)18-13(20)9-2-1-3-10(17)8-9/h1-3,8,11-12H,4-7H2,(H,18,20). The third kappa shape index (κ3) is 4.32. The number of halogens is 3. The van der Waals surface area contributed by atoms with Crippen LogP contribution in [0.15, 0.2) is 24.3 Å². The van der Waals surface area contributed by atoms with Gasteiger partial charge >= 0.3 is 0 Å². The van der Waals surface area contributed by atoms with Crippen LogP contribution in [-0.2, 0) is 4.79 Å². The van der Waals surface area contributed by atoms with Gasteiger partial charge in [0.2, 0.25) is 0 Å². The minimum Gasteiger partial charge on any atom is -0.349 e. The molecule has 1 N–H and O–H groups in total. The molecule has 114 valence electrons. The third-order valence-corrected chi connectivity index (χ3v) is 3.79. The molecule has 1 aromatic rings. The molecule has 1 aliphatic rings. The van der Waals surface area contributed by atoms with Crippen LogP contribution in [0.2, 0.25) is 0 Å². The number of likely N-dealkylation sites (tertiary alicyclic amines) is 1. The van der Waals surface area contributed by atoms with Crippen molar-refractivity contribution in [1.29, 1.82) is 0 Å². The molecule has 7 heteroatoms. The van der Waals surface area contributed by atoms with E-state index in [1.165, 1.54) is 18.2 Å². The largest absolute Gasteiger partial charge is 0.349 e. The van der Waals surface area contributed by atoms with E-state index in [9.17, 15) is 14.0 Å². The smallest absolute Gasteiger partial charge is 0.255 e. The van der Waals surface area contributed by atoms with Gasteiger partial charge in [0.1, 0.15) is 5.82 Å². The lowest BCUT2D eigenvalue weighted by Crippen LogP contribution is -2.47. The van der Waals surface area contributed by atoms with E-state index in [0.717, 1.165) is 0 Å². The first-order valence-electron chi connectivity index (χ1n) is 6.60. The Labute approximate surface area is 132 Å². The summed E-state index contributed by atoms with van der Waals surface area (Å²) in [5, 5.41) is 2.84. The van der Waals surface area contributed by atoms with Gasteiger partial charge in [-0.1, -0.05) is 29.3 Å². The fourth-order valence-corrected chi connectivity index (χ4v) is 2.56. The fraction of sp³-hybridized carbons (Fsp3) is 0.429. The molecule has 1 saturated heterocycles. The molecule has 0 atom stereocenters. The topological polar surface area (TPSA) is 49.4 Å². The summed E-state index contributed by atoms with van der Waals surface area (Å²) in [5.74, 6) is -1.07. The number of carbonyl (C=O) groups excluding carboxylic acids is 2. The molecule has 1 aliphatic heterocycles. The first-order chi connectivity index (χ1) is 9.97. The summed E-state index contributed by atoms with van der Waals surface area (Å²) in [6.07, 6.45) is 1.24. The maximum absolute atomic E-state index is 13.1. The Morgan fingerprint density at radius 3 is 2.52 bits per heavy atom. The Morgan fingerprint density at radius 1 is 1.29 bits per heavy atom. The van der Waals surface area contributed by atoms with E-state index in [1.807, 2.05) is 0 Å². The second-order valence-corrected chi connectivity index (χ2v) is 5.98. The molecule has 0 bridgehead atoms. The molecule has 0 spiro atoms. The van der Waals surface area contributed by atoms with Gasteiger partial charge in [0.05, 0.1) is 0 Å². The lowest BCUT2D eigenvalue weighted by Gasteiger charge is -2.32. The molecule has 0 saturated carbocycles. The van der Waals surface area contributed by atoms with E-state index in [1.54, 1.807) is 11.0 Å². The molecule has 1 aromatic carbocycles. The monoisotopic (exact) mass is 332 g/mol. The fourth-order valence-electron chi connectivity index (χ4n) is 2.28. The van der Waals surface area contributed by atoms with Crippen molar-refractivity contribution in [3.05, 3.63) is 35.6 Å². The molecule has 1 fully saturated rings. The Bertz CT molecular complexity index is 531. The maximum atomic E-state index is 13.1. The summed E-state index contributed by atoms with van der Waals surface area (Å²) in [5.41, 5.74) is 0.287. The van der Waals surface area contributed by atoms with Gasteiger partial charge in [-0.3, -0.25) is 9.59 Å². The van der Waals surface area contributed by atoms with Crippen molar-refractivity contribution < 1.29 is 14.0 Å². The number of alkyl halides is 2. The first kappa shape index (κ1) is 16.0. The number of piperidine rings is 1. The van der Waals surface area contributed by atoms with Gasteiger partial charge < -0.3 is 10.2 Å². The van der Waals surface area contributed by atoms with Crippen LogP contribution < -0.4 is 5.32 Å². The van der Waals surface area contributed by atoms with Crippen molar-refractivity contribution in [2.45, 2.75) is 23.7 Å². The van der Waals surface area contributed by atoms with Gasteiger partial charge in [0.25, 0.3) is 11.8 Å². The Balaban J connectivity index is 1.86. The molecule has 21 heavy (non-hydrogen) atoms. The Kier molecular flexibility index (Phi) is 5.42. The average molecular weight is 333 g/mol. The van der Waals surface area contributed by atoms with Crippen LogP contribution in [0.4, 0.5) is 4.39 Å². The molecule has 2 rings (SSSR count). The van der Waals surface area contributed by atoms with Gasteiger partial charge in [0.15, 0.2) is 4.84 Å². The van der Waals surface area contributed by atoms with Crippen LogP contribution >= 0.6 is 23.2 Å². The van der Waals surface area contributed by atoms with Gasteiger partial charge in [0, 0.05) is 24.7 Å². The van der Waals surface area contributed by atoms with Crippen molar-refractivity contribution >= 4 is 35.0 Å². The maximum Gasteiger partial charge on any atom is 0.255 e. The molecular weight excluding hydrogens is 318 g/mol. The van der Waals surface area contributed by atoms with Crippen molar-refractivity contribution in [2.75, 3.05) is 13.1 Å². The molecule has 0 aromatic heterocycles. The van der Waals surface area contributed by atoms with E-state index >= 15 is 0 Å². The number of nitrogens with zero attached hydrogens (tertiary/aromatic N) is 1. The van der Waals surface area contributed by atoms with Crippen LogP contribution in [-0.4, -0.2) is 40.7 Å². The van der Waals surface area contributed by atoms with Gasteiger partial charge in [-0.2, -0.15) is 0 Å². The molecule has 1 heterocycles. The zero-order valence-electron chi connectivity index (χ0n) is 11.2. The SMILES string of the molecule is O=C(NC1CCN(C(=O)C(Cl)Cl)CC1)c1cccc(F)c1. The van der Waals surface area contributed by atoms with Gasteiger partial charge in [-0.05, 0) is 31.0 Å². The highest BCUT2D eigenvalue weighted by Gasteiger charge is 2.26. The number of amides is 2. The zero-order valence-corrected chi connectivity index (χ0v) is 12.7. The van der Waals surface area contributed by atoms with Crippen molar-refractivity contribution in [1.82, 2.24) is 10.2 Å². The predicted octanol–water partition coefficient (Wildman–Crippen LogP) is 2.35. The highest BCUT2D eigenvalue weighted by molar-refractivity contribution is 6.53.